The predicted octanol–water partition coefficient (Wildman–Crippen LogP) is 4.74. The first-order valence-corrected chi connectivity index (χ1v) is 8.78. The van der Waals surface area contributed by atoms with E-state index in [1.807, 2.05) is 0 Å². The largest absolute Gasteiger partial charge is 0.573 e. The topological polar surface area (TPSA) is 82.8 Å². The molecule has 0 spiro atoms. The van der Waals surface area contributed by atoms with E-state index in [0.29, 0.717) is 11.3 Å². The number of halogens is 3. The van der Waals surface area contributed by atoms with Crippen molar-refractivity contribution in [2.24, 2.45) is 0 Å². The van der Waals surface area contributed by atoms with E-state index in [1.54, 1.807) is 45.0 Å². The molecule has 0 aliphatic rings. The fourth-order valence-electron chi connectivity index (χ4n) is 2.34. The minimum absolute atomic E-state index is 0.0336. The highest BCUT2D eigenvalue weighted by molar-refractivity contribution is 5.72. The summed E-state index contributed by atoms with van der Waals surface area (Å²) in [5.74, 6) is -0.241. The molecule has 158 valence electrons. The Morgan fingerprint density at radius 1 is 1.07 bits per heavy atom. The van der Waals surface area contributed by atoms with Crippen molar-refractivity contribution in [1.29, 1.82) is 0 Å². The lowest BCUT2D eigenvalue weighted by molar-refractivity contribution is -0.274. The minimum atomic E-state index is -4.86. The van der Waals surface area contributed by atoms with Crippen molar-refractivity contribution in [3.05, 3.63) is 42.5 Å². The van der Waals surface area contributed by atoms with Crippen molar-refractivity contribution in [2.45, 2.75) is 32.7 Å². The molecule has 2 aromatic carbocycles. The highest BCUT2D eigenvalue weighted by Gasteiger charge is 2.32. The number of carbonyl (C=O) groups excluding carboxylic acids is 1. The number of nitrogens with one attached hydrogen (secondary N) is 1. The first-order valence-electron chi connectivity index (χ1n) is 8.78. The van der Waals surface area contributed by atoms with Gasteiger partial charge in [-0.15, -0.1) is 13.2 Å². The van der Waals surface area contributed by atoms with Gasteiger partial charge in [-0.1, -0.05) is 12.1 Å². The predicted molar refractivity (Wildman–Crippen MR) is 103 cm³/mol. The maximum absolute atomic E-state index is 12.8. The van der Waals surface area contributed by atoms with Gasteiger partial charge in [-0.05, 0) is 50.6 Å². The third-order valence-electron chi connectivity index (χ3n) is 3.44. The van der Waals surface area contributed by atoms with Crippen LogP contribution in [0, 0.1) is 0 Å². The van der Waals surface area contributed by atoms with E-state index in [1.165, 1.54) is 12.1 Å². The van der Waals surface area contributed by atoms with Gasteiger partial charge in [0.15, 0.2) is 0 Å². The number of alkyl halides is 3. The average molecular weight is 412 g/mol. The second-order valence-electron chi connectivity index (χ2n) is 7.10. The first-order chi connectivity index (χ1) is 13.4. The molecular formula is C20H23F3N2O4. The third kappa shape index (κ3) is 7.81. The molecule has 6 nitrogen and oxygen atoms in total. The molecule has 2 aromatic rings. The van der Waals surface area contributed by atoms with E-state index in [-0.39, 0.29) is 24.5 Å². The average Bonchev–Trinajstić information content (AvgIpc) is 2.57. The van der Waals surface area contributed by atoms with Gasteiger partial charge in [-0.2, -0.15) is 0 Å². The van der Waals surface area contributed by atoms with Crippen LogP contribution in [0.2, 0.25) is 0 Å². The minimum Gasteiger partial charge on any atom is -0.492 e. The highest BCUT2D eigenvalue weighted by atomic mass is 19.4. The Morgan fingerprint density at radius 3 is 2.31 bits per heavy atom. The first kappa shape index (κ1) is 22.2. The number of nitrogens with two attached hydrogens (primary N) is 1. The molecule has 0 aliphatic carbocycles. The quantitative estimate of drug-likeness (QED) is 0.529. The molecule has 0 saturated carbocycles. The normalized spacial score (nSPS) is 11.7. The second-order valence-corrected chi connectivity index (χ2v) is 7.10. The molecule has 0 unspecified atom stereocenters. The zero-order valence-electron chi connectivity index (χ0n) is 16.3. The van der Waals surface area contributed by atoms with Crippen LogP contribution in [0.4, 0.5) is 23.7 Å². The molecule has 0 heterocycles. The Hall–Kier alpha value is -3.10. The van der Waals surface area contributed by atoms with E-state index < -0.39 is 23.8 Å². The molecule has 0 atom stereocenters. The number of anilines is 1. The number of hydrogen-bond donors (Lipinski definition) is 2. The molecule has 0 aliphatic heterocycles. The van der Waals surface area contributed by atoms with E-state index in [2.05, 4.69) is 10.1 Å². The Kier molecular flexibility index (Phi) is 6.84. The van der Waals surface area contributed by atoms with Gasteiger partial charge in [0, 0.05) is 17.3 Å². The van der Waals surface area contributed by atoms with Crippen LogP contribution in [-0.2, 0) is 4.74 Å². The van der Waals surface area contributed by atoms with E-state index in [0.717, 1.165) is 6.07 Å². The summed E-state index contributed by atoms with van der Waals surface area (Å²) >= 11 is 0. The molecule has 0 aromatic heterocycles. The number of rotatable bonds is 6. The Labute approximate surface area is 166 Å². The molecule has 0 fully saturated rings. The van der Waals surface area contributed by atoms with Crippen LogP contribution in [0.25, 0.3) is 11.1 Å². The van der Waals surface area contributed by atoms with E-state index in [9.17, 15) is 18.0 Å². The highest BCUT2D eigenvalue weighted by Crippen LogP contribution is 2.37. The van der Waals surface area contributed by atoms with Gasteiger partial charge in [0.1, 0.15) is 23.7 Å². The van der Waals surface area contributed by atoms with Crippen LogP contribution in [0.1, 0.15) is 20.8 Å². The Bertz CT molecular complexity index is 831. The summed E-state index contributed by atoms with van der Waals surface area (Å²) in [6, 6.07) is 10.5. The summed E-state index contributed by atoms with van der Waals surface area (Å²) in [4.78, 5) is 11.6. The van der Waals surface area contributed by atoms with Gasteiger partial charge in [-0.3, -0.25) is 0 Å². The fraction of sp³-hybridized carbons (Fsp3) is 0.350. The number of ether oxygens (including phenoxy) is 3. The van der Waals surface area contributed by atoms with E-state index >= 15 is 0 Å². The maximum atomic E-state index is 12.8. The molecule has 3 N–H and O–H groups in total. The lowest BCUT2D eigenvalue weighted by Gasteiger charge is -2.19. The summed E-state index contributed by atoms with van der Waals surface area (Å²) in [6.07, 6.45) is -5.47. The number of alkyl carbamates (subject to hydrolysis) is 1. The van der Waals surface area contributed by atoms with E-state index in [4.69, 9.17) is 15.2 Å². The second kappa shape index (κ2) is 8.93. The van der Waals surface area contributed by atoms with Gasteiger partial charge < -0.3 is 25.3 Å². The molecule has 2 rings (SSSR count). The lowest BCUT2D eigenvalue weighted by atomic mass is 10.0. The van der Waals surface area contributed by atoms with Crippen molar-refractivity contribution in [3.63, 3.8) is 0 Å². The van der Waals surface area contributed by atoms with Crippen LogP contribution in [-0.4, -0.2) is 31.2 Å². The van der Waals surface area contributed by atoms with Crippen LogP contribution >= 0.6 is 0 Å². The zero-order chi connectivity index (χ0) is 21.7. The number of hydrogen-bond acceptors (Lipinski definition) is 5. The van der Waals surface area contributed by atoms with Gasteiger partial charge in [0.05, 0.1) is 6.54 Å². The Balaban J connectivity index is 2.07. The van der Waals surface area contributed by atoms with Crippen molar-refractivity contribution in [1.82, 2.24) is 5.32 Å². The molecule has 0 bridgehead atoms. The summed E-state index contributed by atoms with van der Waals surface area (Å²) in [7, 11) is 0. The van der Waals surface area contributed by atoms with Crippen molar-refractivity contribution < 1.29 is 32.2 Å². The van der Waals surface area contributed by atoms with Gasteiger partial charge in [0.25, 0.3) is 0 Å². The molecule has 1 amide bonds. The van der Waals surface area contributed by atoms with Gasteiger partial charge >= 0.3 is 12.5 Å². The Morgan fingerprint density at radius 2 is 1.72 bits per heavy atom. The van der Waals surface area contributed by atoms with Crippen LogP contribution in [0.15, 0.2) is 42.5 Å². The third-order valence-corrected chi connectivity index (χ3v) is 3.44. The monoisotopic (exact) mass is 412 g/mol. The molecule has 0 radical (unpaired) electrons. The SMILES string of the molecule is CC(C)(C)OC(=O)NCCOc1ccc(-c2ccc(N)cc2)c(OC(F)(F)F)c1. The number of amides is 1. The lowest BCUT2D eigenvalue weighted by Crippen LogP contribution is -2.34. The molecule has 0 saturated heterocycles. The molecule has 29 heavy (non-hydrogen) atoms. The standard InChI is InChI=1S/C20H23F3N2O4/c1-19(2,3)29-18(26)25-10-11-27-15-8-9-16(13-4-6-14(24)7-5-13)17(12-15)28-20(21,22)23/h4-9,12H,10-11,24H2,1-3H3,(H,25,26). The van der Waals surface area contributed by atoms with Crippen LogP contribution in [0.3, 0.4) is 0 Å². The number of carbonyl (C=O) groups is 1. The summed E-state index contributed by atoms with van der Waals surface area (Å²) in [6.45, 7) is 5.34. The van der Waals surface area contributed by atoms with Crippen LogP contribution in [0.5, 0.6) is 11.5 Å². The number of nitrogen functional groups attached to an aromatic ring is 1. The van der Waals surface area contributed by atoms with Crippen molar-refractivity contribution in [3.8, 4) is 22.6 Å². The summed E-state index contributed by atoms with van der Waals surface area (Å²) in [5.41, 5.74) is 6.23. The van der Waals surface area contributed by atoms with Crippen LogP contribution < -0.4 is 20.5 Å². The molecule has 9 heteroatoms. The maximum Gasteiger partial charge on any atom is 0.573 e. The van der Waals surface area contributed by atoms with Gasteiger partial charge in [0.2, 0.25) is 0 Å². The molecular weight excluding hydrogens is 389 g/mol. The van der Waals surface area contributed by atoms with Crippen molar-refractivity contribution >= 4 is 11.8 Å². The van der Waals surface area contributed by atoms with Gasteiger partial charge in [-0.25, -0.2) is 4.79 Å². The summed E-state index contributed by atoms with van der Waals surface area (Å²) < 4.78 is 53.1. The summed E-state index contributed by atoms with van der Waals surface area (Å²) in [5, 5.41) is 2.50. The smallest absolute Gasteiger partial charge is 0.492 e. The zero-order valence-corrected chi connectivity index (χ0v) is 16.3. The number of benzene rings is 2. The van der Waals surface area contributed by atoms with Crippen molar-refractivity contribution in [2.75, 3.05) is 18.9 Å². The fourth-order valence-corrected chi connectivity index (χ4v) is 2.34.